The molecule has 20 heavy (non-hydrogen) atoms. The van der Waals surface area contributed by atoms with Crippen molar-refractivity contribution in [3.05, 3.63) is 57.4 Å². The maximum Gasteiger partial charge on any atom is 0.259 e. The molecule has 0 radical (unpaired) electrons. The standard InChI is InChI=1S/C11H11N7O2/c1-16-4-2-8(3-5-16)6-9-10(18(19)20)7-12-11-13-14-15-17(9)11/h2-5,7,9H,6H2,1H3. The lowest BCUT2D eigenvalue weighted by molar-refractivity contribution is -0.671. The average molecular weight is 273 g/mol. The molecule has 3 heterocycles. The van der Waals surface area contributed by atoms with Gasteiger partial charge in [0.05, 0.1) is 10.9 Å². The van der Waals surface area contributed by atoms with E-state index >= 15 is 0 Å². The van der Waals surface area contributed by atoms with Crippen LogP contribution < -0.4 is 4.57 Å². The van der Waals surface area contributed by atoms with Crippen molar-refractivity contribution >= 4 is 5.95 Å². The van der Waals surface area contributed by atoms with Crippen LogP contribution in [0.1, 0.15) is 11.6 Å². The van der Waals surface area contributed by atoms with Crippen molar-refractivity contribution in [1.82, 2.24) is 20.2 Å². The highest BCUT2D eigenvalue weighted by molar-refractivity contribution is 5.41. The molecule has 0 saturated carbocycles. The van der Waals surface area contributed by atoms with Crippen LogP contribution in [-0.4, -0.2) is 25.1 Å². The first kappa shape index (κ1) is 12.2. The topological polar surface area (TPSA) is 105 Å². The lowest BCUT2D eigenvalue weighted by Gasteiger charge is -2.25. The third-order valence-electron chi connectivity index (χ3n) is 3.11. The summed E-state index contributed by atoms with van der Waals surface area (Å²) in [6, 6.07) is 3.26. The Morgan fingerprint density at radius 2 is 2.25 bits per heavy atom. The molecule has 2 aromatic rings. The number of tetrazole rings is 1. The highest BCUT2D eigenvalue weighted by atomic mass is 16.6. The summed E-state index contributed by atoms with van der Waals surface area (Å²) in [7, 11) is 1.91. The summed E-state index contributed by atoms with van der Waals surface area (Å²) in [4.78, 5) is 10.7. The van der Waals surface area contributed by atoms with Crippen LogP contribution in [0.15, 0.2) is 36.4 Å². The number of nitrogens with zero attached hydrogens (tertiary/aromatic N) is 7. The maximum absolute atomic E-state index is 11.1. The number of aryl methyl sites for hydroxylation is 1. The second-order valence-corrected chi connectivity index (χ2v) is 4.46. The zero-order valence-electron chi connectivity index (χ0n) is 10.6. The first-order chi connectivity index (χ1) is 9.65. The van der Waals surface area contributed by atoms with Crippen molar-refractivity contribution < 1.29 is 9.49 Å². The van der Waals surface area contributed by atoms with E-state index in [1.165, 1.54) is 10.9 Å². The number of hydrogen-bond acceptors (Lipinski definition) is 5. The molecule has 0 bridgehead atoms. The van der Waals surface area contributed by atoms with E-state index < -0.39 is 11.0 Å². The van der Waals surface area contributed by atoms with E-state index in [1.807, 2.05) is 36.1 Å². The zero-order valence-corrected chi connectivity index (χ0v) is 10.6. The lowest BCUT2D eigenvalue weighted by Crippen LogP contribution is -2.27. The molecule has 1 atom stereocenters. The van der Waals surface area contributed by atoms with Gasteiger partial charge < -0.3 is 5.32 Å². The van der Waals surface area contributed by atoms with Gasteiger partial charge in [-0.25, -0.2) is 4.57 Å². The first-order valence-electron chi connectivity index (χ1n) is 5.92. The fourth-order valence-corrected chi connectivity index (χ4v) is 2.06. The molecule has 0 aliphatic carbocycles. The minimum Gasteiger partial charge on any atom is -0.358 e. The fraction of sp³-hybridized carbons (Fsp3) is 0.273. The molecular weight excluding hydrogens is 262 g/mol. The Labute approximate surface area is 113 Å². The van der Waals surface area contributed by atoms with Gasteiger partial charge in [0.1, 0.15) is 13.1 Å². The molecule has 1 unspecified atom stereocenters. The molecule has 0 saturated heterocycles. The summed E-state index contributed by atoms with van der Waals surface area (Å²) >= 11 is 0. The second-order valence-electron chi connectivity index (χ2n) is 4.46. The average Bonchev–Trinajstić information content (AvgIpc) is 2.90. The Hall–Kier alpha value is -2.84. The molecule has 102 valence electrons. The smallest absolute Gasteiger partial charge is 0.259 e. The van der Waals surface area contributed by atoms with Crippen LogP contribution in [0, 0.1) is 10.1 Å². The van der Waals surface area contributed by atoms with Crippen LogP contribution in [0.2, 0.25) is 0 Å². The predicted molar refractivity (Wildman–Crippen MR) is 66.3 cm³/mol. The van der Waals surface area contributed by atoms with Gasteiger partial charge in [-0.15, -0.1) is 10.4 Å². The Bertz CT molecular complexity index is 676. The van der Waals surface area contributed by atoms with Gasteiger partial charge in [0.15, 0.2) is 12.4 Å². The molecule has 9 heteroatoms. The minimum atomic E-state index is -0.555. The SMILES string of the molecule is C[n+]1ccc(CC2C([N+](=O)[O-])=C[N-]c3nnnn32)cc1. The Balaban J connectivity index is 1.95. The quantitative estimate of drug-likeness (QED) is 0.458. The van der Waals surface area contributed by atoms with Crippen molar-refractivity contribution in [2.45, 2.75) is 12.5 Å². The molecule has 0 N–H and O–H groups in total. The van der Waals surface area contributed by atoms with E-state index in [0.717, 1.165) is 5.56 Å². The summed E-state index contributed by atoms with van der Waals surface area (Å²) in [5.41, 5.74) is 0.947. The van der Waals surface area contributed by atoms with Crippen LogP contribution in [0.4, 0.5) is 5.95 Å². The van der Waals surface area contributed by atoms with Gasteiger partial charge in [0, 0.05) is 18.3 Å². The molecule has 9 nitrogen and oxygen atoms in total. The number of nitro groups is 1. The van der Waals surface area contributed by atoms with E-state index in [-0.39, 0.29) is 11.6 Å². The number of hydrogen-bond donors (Lipinski definition) is 0. The van der Waals surface area contributed by atoms with Crippen molar-refractivity contribution in [3.8, 4) is 0 Å². The van der Waals surface area contributed by atoms with Gasteiger partial charge in [0.25, 0.3) is 5.70 Å². The van der Waals surface area contributed by atoms with Gasteiger partial charge >= 0.3 is 0 Å². The Morgan fingerprint density at radius 3 is 2.95 bits per heavy atom. The van der Waals surface area contributed by atoms with Crippen LogP contribution in [-0.2, 0) is 13.5 Å². The Kier molecular flexibility index (Phi) is 2.86. The van der Waals surface area contributed by atoms with Gasteiger partial charge in [0.2, 0.25) is 0 Å². The van der Waals surface area contributed by atoms with E-state index in [9.17, 15) is 10.1 Å². The zero-order chi connectivity index (χ0) is 14.1. The van der Waals surface area contributed by atoms with E-state index in [1.54, 1.807) is 0 Å². The maximum atomic E-state index is 11.1. The molecular formula is C11H11N7O2. The predicted octanol–water partition coefficient (Wildman–Crippen LogP) is 0.418. The van der Waals surface area contributed by atoms with Gasteiger partial charge in [-0.05, 0) is 12.0 Å². The summed E-state index contributed by atoms with van der Waals surface area (Å²) in [6.07, 6.45) is 5.43. The van der Waals surface area contributed by atoms with E-state index in [4.69, 9.17) is 0 Å². The molecule has 2 aromatic heterocycles. The highest BCUT2D eigenvalue weighted by Crippen LogP contribution is 2.33. The van der Waals surface area contributed by atoms with Crippen molar-refractivity contribution in [1.29, 1.82) is 0 Å². The third kappa shape index (κ3) is 2.09. The van der Waals surface area contributed by atoms with Crippen molar-refractivity contribution in [2.24, 2.45) is 7.05 Å². The second kappa shape index (κ2) is 4.68. The number of pyridine rings is 1. The normalized spacial score (nSPS) is 17.1. The first-order valence-corrected chi connectivity index (χ1v) is 5.92. The minimum absolute atomic E-state index is 0.0157. The Morgan fingerprint density at radius 1 is 1.50 bits per heavy atom. The van der Waals surface area contributed by atoms with Gasteiger partial charge in [-0.1, -0.05) is 0 Å². The van der Waals surface area contributed by atoms with E-state index in [0.29, 0.717) is 6.42 Å². The summed E-state index contributed by atoms with van der Waals surface area (Å²) in [5.74, 6) is 0.280. The highest BCUT2D eigenvalue weighted by Gasteiger charge is 2.28. The van der Waals surface area contributed by atoms with Crippen LogP contribution >= 0.6 is 0 Å². The van der Waals surface area contributed by atoms with Crippen LogP contribution in [0.5, 0.6) is 0 Å². The summed E-state index contributed by atoms with van der Waals surface area (Å²) in [5, 5.41) is 26.0. The van der Waals surface area contributed by atoms with Crippen LogP contribution in [0.3, 0.4) is 0 Å². The number of aromatic nitrogens is 5. The lowest BCUT2D eigenvalue weighted by atomic mass is 10.0. The number of allylic oxidation sites excluding steroid dienone is 1. The molecule has 1 aliphatic rings. The third-order valence-corrected chi connectivity index (χ3v) is 3.11. The largest absolute Gasteiger partial charge is 0.358 e. The van der Waals surface area contributed by atoms with Crippen molar-refractivity contribution in [2.75, 3.05) is 0 Å². The molecule has 3 rings (SSSR count). The number of fused-ring (bicyclic) bond motifs is 1. The fourth-order valence-electron chi connectivity index (χ4n) is 2.06. The monoisotopic (exact) mass is 273 g/mol. The molecule has 0 spiro atoms. The summed E-state index contributed by atoms with van der Waals surface area (Å²) < 4.78 is 3.28. The molecule has 1 aliphatic heterocycles. The van der Waals surface area contributed by atoms with E-state index in [2.05, 4.69) is 20.8 Å². The number of rotatable bonds is 3. The molecule has 0 fully saturated rings. The molecule has 0 amide bonds. The van der Waals surface area contributed by atoms with Gasteiger partial charge in [-0.2, -0.15) is 0 Å². The van der Waals surface area contributed by atoms with Crippen molar-refractivity contribution in [3.63, 3.8) is 0 Å². The van der Waals surface area contributed by atoms with Gasteiger partial charge in [-0.3, -0.25) is 19.9 Å². The summed E-state index contributed by atoms with van der Waals surface area (Å²) in [6.45, 7) is 0. The van der Waals surface area contributed by atoms with Crippen LogP contribution in [0.25, 0.3) is 5.32 Å². The molecule has 0 aromatic carbocycles.